The predicted octanol–water partition coefficient (Wildman–Crippen LogP) is 4.43. The number of aromatic nitrogens is 2. The third-order valence-electron chi connectivity index (χ3n) is 3.45. The first kappa shape index (κ1) is 14.2. The van der Waals surface area contributed by atoms with Gasteiger partial charge in [0.2, 0.25) is 0 Å². The number of hydrogen-bond donors (Lipinski definition) is 1. The molecule has 1 aromatic heterocycles. The second-order valence-corrected chi connectivity index (χ2v) is 6.35. The zero-order valence-corrected chi connectivity index (χ0v) is 14.0. The molecular formula is C16H13BrN2OS. The largest absolute Gasteiger partial charge is 0.331 e. The van der Waals surface area contributed by atoms with E-state index >= 15 is 0 Å². The number of nitrogens with zero attached hydrogens (tertiary/aromatic N) is 1. The second-order valence-electron chi connectivity index (χ2n) is 5.05. The van der Waals surface area contributed by atoms with Crippen molar-refractivity contribution >= 4 is 39.1 Å². The highest BCUT2D eigenvalue weighted by Gasteiger charge is 2.10. The van der Waals surface area contributed by atoms with E-state index in [1.165, 1.54) is 0 Å². The van der Waals surface area contributed by atoms with Crippen LogP contribution in [0.4, 0.5) is 0 Å². The van der Waals surface area contributed by atoms with E-state index in [2.05, 4.69) is 20.9 Å². The van der Waals surface area contributed by atoms with Crippen molar-refractivity contribution in [3.63, 3.8) is 0 Å². The summed E-state index contributed by atoms with van der Waals surface area (Å²) in [6, 6.07) is 11.5. The van der Waals surface area contributed by atoms with Gasteiger partial charge in [0.25, 0.3) is 5.56 Å². The molecule has 5 heteroatoms. The number of H-pyrrole nitrogens is 1. The van der Waals surface area contributed by atoms with Crippen LogP contribution in [-0.4, -0.2) is 9.55 Å². The monoisotopic (exact) mass is 360 g/mol. The summed E-state index contributed by atoms with van der Waals surface area (Å²) in [5.74, 6) is 0. The van der Waals surface area contributed by atoms with Crippen LogP contribution in [-0.2, 0) is 0 Å². The van der Waals surface area contributed by atoms with Crippen LogP contribution in [0.1, 0.15) is 11.1 Å². The summed E-state index contributed by atoms with van der Waals surface area (Å²) in [6.07, 6.45) is 0. The van der Waals surface area contributed by atoms with E-state index in [4.69, 9.17) is 12.2 Å². The first-order chi connectivity index (χ1) is 9.97. The van der Waals surface area contributed by atoms with Gasteiger partial charge in [-0.1, -0.05) is 27.6 Å². The fourth-order valence-electron chi connectivity index (χ4n) is 2.42. The number of rotatable bonds is 1. The highest BCUT2D eigenvalue weighted by Crippen LogP contribution is 2.19. The summed E-state index contributed by atoms with van der Waals surface area (Å²) in [4.78, 5) is 15.9. The molecule has 3 aromatic rings. The van der Waals surface area contributed by atoms with E-state index in [9.17, 15) is 4.79 Å². The van der Waals surface area contributed by atoms with Gasteiger partial charge in [-0.3, -0.25) is 9.36 Å². The molecule has 2 aromatic carbocycles. The van der Waals surface area contributed by atoms with Gasteiger partial charge in [0.15, 0.2) is 4.77 Å². The van der Waals surface area contributed by atoms with E-state index in [-0.39, 0.29) is 5.56 Å². The lowest BCUT2D eigenvalue weighted by atomic mass is 10.1. The van der Waals surface area contributed by atoms with E-state index < -0.39 is 0 Å². The third-order valence-corrected chi connectivity index (χ3v) is 4.23. The van der Waals surface area contributed by atoms with Crippen LogP contribution in [0.15, 0.2) is 45.7 Å². The summed E-state index contributed by atoms with van der Waals surface area (Å²) in [6.45, 7) is 3.93. The minimum atomic E-state index is -0.0946. The fraction of sp³-hybridized carbons (Fsp3) is 0.125. The Bertz CT molecular complexity index is 972. The molecular weight excluding hydrogens is 348 g/mol. The number of fused-ring (bicyclic) bond motifs is 1. The van der Waals surface area contributed by atoms with E-state index in [0.717, 1.165) is 26.8 Å². The van der Waals surface area contributed by atoms with Crippen LogP contribution in [0.25, 0.3) is 16.6 Å². The van der Waals surface area contributed by atoms with Crippen molar-refractivity contribution < 1.29 is 0 Å². The second kappa shape index (κ2) is 5.24. The summed E-state index contributed by atoms with van der Waals surface area (Å²) in [5, 5.41) is 0.644. The minimum absolute atomic E-state index is 0.0946. The van der Waals surface area contributed by atoms with Crippen molar-refractivity contribution in [1.29, 1.82) is 0 Å². The molecule has 106 valence electrons. The van der Waals surface area contributed by atoms with Crippen LogP contribution in [0, 0.1) is 18.6 Å². The SMILES string of the molecule is Cc1ccc2[nH]c(=S)n(-c3ccc(Br)cc3C)c(=O)c2c1. The molecule has 0 saturated carbocycles. The van der Waals surface area contributed by atoms with Gasteiger partial charge in [0.05, 0.1) is 16.6 Å². The quantitative estimate of drug-likeness (QED) is 0.652. The number of nitrogens with one attached hydrogen (secondary N) is 1. The lowest BCUT2D eigenvalue weighted by molar-refractivity contribution is 0.930. The van der Waals surface area contributed by atoms with Gasteiger partial charge >= 0.3 is 0 Å². The molecule has 3 rings (SSSR count). The summed E-state index contributed by atoms with van der Waals surface area (Å²) in [5.41, 5.74) is 3.50. The molecule has 0 radical (unpaired) electrons. The highest BCUT2D eigenvalue weighted by atomic mass is 79.9. The van der Waals surface area contributed by atoms with E-state index in [1.54, 1.807) is 4.57 Å². The maximum absolute atomic E-state index is 12.8. The van der Waals surface area contributed by atoms with Gasteiger partial charge in [-0.25, -0.2) is 0 Å². The third kappa shape index (κ3) is 2.47. The number of hydrogen-bond acceptors (Lipinski definition) is 2. The van der Waals surface area contributed by atoms with Gasteiger partial charge in [0.1, 0.15) is 0 Å². The average molecular weight is 361 g/mol. The van der Waals surface area contributed by atoms with Crippen molar-refractivity contribution in [3.05, 3.63) is 67.1 Å². The Morgan fingerprint density at radius 2 is 1.90 bits per heavy atom. The molecule has 21 heavy (non-hydrogen) atoms. The van der Waals surface area contributed by atoms with Crippen LogP contribution in [0.2, 0.25) is 0 Å². The maximum Gasteiger partial charge on any atom is 0.266 e. The van der Waals surface area contributed by atoms with Gasteiger partial charge in [0, 0.05) is 4.47 Å². The lowest BCUT2D eigenvalue weighted by Gasteiger charge is -2.11. The molecule has 0 bridgehead atoms. The molecule has 3 nitrogen and oxygen atoms in total. The molecule has 0 amide bonds. The van der Waals surface area contributed by atoms with Crippen LogP contribution >= 0.6 is 28.1 Å². The lowest BCUT2D eigenvalue weighted by Crippen LogP contribution is -2.21. The Hall–Kier alpha value is -1.72. The summed E-state index contributed by atoms with van der Waals surface area (Å²) >= 11 is 8.80. The van der Waals surface area contributed by atoms with Gasteiger partial charge in [-0.05, 0) is 62.0 Å². The Morgan fingerprint density at radius 1 is 1.14 bits per heavy atom. The minimum Gasteiger partial charge on any atom is -0.331 e. The zero-order chi connectivity index (χ0) is 15.1. The van der Waals surface area contributed by atoms with Gasteiger partial charge < -0.3 is 4.98 Å². The Labute approximate surface area is 135 Å². The molecule has 0 fully saturated rings. The smallest absolute Gasteiger partial charge is 0.266 e. The molecule has 0 atom stereocenters. The summed E-state index contributed by atoms with van der Waals surface area (Å²) < 4.78 is 2.93. The van der Waals surface area contributed by atoms with Crippen LogP contribution in [0.3, 0.4) is 0 Å². The molecule has 0 aliphatic heterocycles. The molecule has 1 heterocycles. The Kier molecular flexibility index (Phi) is 3.55. The van der Waals surface area contributed by atoms with E-state index in [1.807, 2.05) is 50.2 Å². The standard InChI is InChI=1S/C16H13BrN2OS/c1-9-3-5-13-12(7-9)15(20)19(16(21)18-13)14-6-4-11(17)8-10(14)2/h3-8H,1-2H3,(H,18,21). The fourth-order valence-corrected chi connectivity index (χ4v) is 3.18. The number of aromatic amines is 1. The molecule has 0 unspecified atom stereocenters. The Balaban J connectivity index is 2.43. The number of halogens is 1. The van der Waals surface area contributed by atoms with Crippen LogP contribution < -0.4 is 5.56 Å². The van der Waals surface area contributed by atoms with Gasteiger partial charge in [-0.2, -0.15) is 0 Å². The van der Waals surface area contributed by atoms with E-state index in [0.29, 0.717) is 10.2 Å². The topological polar surface area (TPSA) is 37.8 Å². The van der Waals surface area contributed by atoms with Crippen molar-refractivity contribution in [3.8, 4) is 5.69 Å². The highest BCUT2D eigenvalue weighted by molar-refractivity contribution is 9.10. The first-order valence-electron chi connectivity index (χ1n) is 6.49. The molecule has 0 aliphatic carbocycles. The van der Waals surface area contributed by atoms with Crippen molar-refractivity contribution in [2.45, 2.75) is 13.8 Å². The molecule has 1 N–H and O–H groups in total. The van der Waals surface area contributed by atoms with Crippen molar-refractivity contribution in [2.75, 3.05) is 0 Å². The molecule has 0 spiro atoms. The summed E-state index contributed by atoms with van der Waals surface area (Å²) in [7, 11) is 0. The predicted molar refractivity (Wildman–Crippen MR) is 91.9 cm³/mol. The first-order valence-corrected chi connectivity index (χ1v) is 7.70. The van der Waals surface area contributed by atoms with Crippen molar-refractivity contribution in [1.82, 2.24) is 9.55 Å². The van der Waals surface area contributed by atoms with Crippen molar-refractivity contribution in [2.24, 2.45) is 0 Å². The van der Waals surface area contributed by atoms with Gasteiger partial charge in [-0.15, -0.1) is 0 Å². The normalized spacial score (nSPS) is 11.0. The number of benzene rings is 2. The zero-order valence-electron chi connectivity index (χ0n) is 11.6. The van der Waals surface area contributed by atoms with Crippen LogP contribution in [0.5, 0.6) is 0 Å². The molecule has 0 aliphatic rings. The Morgan fingerprint density at radius 3 is 2.62 bits per heavy atom. The number of aryl methyl sites for hydroxylation is 2. The molecule has 0 saturated heterocycles. The average Bonchev–Trinajstić information content (AvgIpc) is 2.42. The maximum atomic E-state index is 12.8.